The van der Waals surface area contributed by atoms with Crippen molar-refractivity contribution in [3.8, 4) is 12.3 Å². The van der Waals surface area contributed by atoms with Crippen LogP contribution in [0.25, 0.3) is 0 Å². The molecule has 0 saturated carbocycles. The van der Waals surface area contributed by atoms with Crippen LogP contribution in [0.1, 0.15) is 18.4 Å². The van der Waals surface area contributed by atoms with Gasteiger partial charge >= 0.3 is 0 Å². The van der Waals surface area contributed by atoms with Crippen molar-refractivity contribution in [2.45, 2.75) is 19.4 Å². The number of nitrogens with one attached hydrogen (secondary N) is 1. The van der Waals surface area contributed by atoms with Crippen molar-refractivity contribution in [3.05, 3.63) is 34.3 Å². The van der Waals surface area contributed by atoms with Gasteiger partial charge in [0, 0.05) is 17.4 Å². The fourth-order valence-corrected chi connectivity index (χ4v) is 1.61. The Bertz CT molecular complexity index is 314. The summed E-state index contributed by atoms with van der Waals surface area (Å²) in [7, 11) is 0. The Hall–Kier alpha value is -0.780. The first-order valence-electron chi connectivity index (χ1n) is 4.72. The molecule has 1 aromatic carbocycles. The van der Waals surface area contributed by atoms with Crippen LogP contribution in [0.3, 0.4) is 0 Å². The number of terminal acetylenes is 1. The normalized spacial score (nSPS) is 9.71. The van der Waals surface area contributed by atoms with E-state index in [-0.39, 0.29) is 0 Å². The SMILES string of the molecule is C#CCCCNCc1ccccc1Br. The van der Waals surface area contributed by atoms with E-state index in [0.717, 1.165) is 30.4 Å². The van der Waals surface area contributed by atoms with Crippen LogP contribution in [0, 0.1) is 12.3 Å². The molecule has 0 saturated heterocycles. The monoisotopic (exact) mass is 251 g/mol. The fraction of sp³-hybridized carbons (Fsp3) is 0.333. The number of benzene rings is 1. The van der Waals surface area contributed by atoms with E-state index in [1.807, 2.05) is 12.1 Å². The summed E-state index contributed by atoms with van der Waals surface area (Å²) in [5.41, 5.74) is 1.29. The van der Waals surface area contributed by atoms with E-state index in [1.54, 1.807) is 0 Å². The molecule has 0 radical (unpaired) electrons. The second kappa shape index (κ2) is 6.64. The maximum absolute atomic E-state index is 5.16. The molecule has 14 heavy (non-hydrogen) atoms. The number of hydrogen-bond donors (Lipinski definition) is 1. The molecular weight excluding hydrogens is 238 g/mol. The third kappa shape index (κ3) is 3.95. The summed E-state index contributed by atoms with van der Waals surface area (Å²) in [6.45, 7) is 1.87. The van der Waals surface area contributed by atoms with Gasteiger partial charge in [-0.3, -0.25) is 0 Å². The zero-order valence-electron chi connectivity index (χ0n) is 8.09. The van der Waals surface area contributed by atoms with Gasteiger partial charge in [0.25, 0.3) is 0 Å². The summed E-state index contributed by atoms with van der Waals surface area (Å²) in [6.07, 6.45) is 7.05. The highest BCUT2D eigenvalue weighted by Gasteiger charge is 1.96. The topological polar surface area (TPSA) is 12.0 Å². The lowest BCUT2D eigenvalue weighted by Crippen LogP contribution is -2.14. The first kappa shape index (κ1) is 11.3. The maximum atomic E-state index is 5.16. The minimum Gasteiger partial charge on any atom is -0.313 e. The van der Waals surface area contributed by atoms with Crippen LogP contribution in [-0.2, 0) is 6.54 Å². The molecule has 1 nitrogen and oxygen atoms in total. The molecule has 1 N–H and O–H groups in total. The molecule has 0 bridgehead atoms. The van der Waals surface area contributed by atoms with Crippen LogP contribution in [-0.4, -0.2) is 6.54 Å². The Balaban J connectivity index is 2.25. The highest BCUT2D eigenvalue weighted by Crippen LogP contribution is 2.15. The van der Waals surface area contributed by atoms with Crippen molar-refractivity contribution in [3.63, 3.8) is 0 Å². The van der Waals surface area contributed by atoms with Gasteiger partial charge in [-0.15, -0.1) is 12.3 Å². The molecule has 0 spiro atoms. The van der Waals surface area contributed by atoms with Crippen molar-refractivity contribution in [1.29, 1.82) is 0 Å². The molecule has 0 aliphatic rings. The van der Waals surface area contributed by atoms with Gasteiger partial charge in [-0.05, 0) is 24.6 Å². The standard InChI is InChI=1S/C12H14BrN/c1-2-3-6-9-14-10-11-7-4-5-8-12(11)13/h1,4-5,7-8,14H,3,6,9-10H2. The molecule has 1 aromatic rings. The maximum Gasteiger partial charge on any atom is 0.0220 e. The molecule has 0 fully saturated rings. The van der Waals surface area contributed by atoms with Gasteiger partial charge in [0.2, 0.25) is 0 Å². The Morgan fingerprint density at radius 2 is 2.14 bits per heavy atom. The molecule has 2 heteroatoms. The van der Waals surface area contributed by atoms with Crippen molar-refractivity contribution in [2.75, 3.05) is 6.54 Å². The molecule has 0 amide bonds. The Morgan fingerprint density at radius 3 is 2.86 bits per heavy atom. The third-order valence-electron chi connectivity index (χ3n) is 1.95. The zero-order valence-corrected chi connectivity index (χ0v) is 9.68. The summed E-state index contributed by atoms with van der Waals surface area (Å²) >= 11 is 3.51. The Kier molecular flexibility index (Phi) is 5.36. The van der Waals surface area contributed by atoms with Crippen LogP contribution in [0.5, 0.6) is 0 Å². The first-order chi connectivity index (χ1) is 6.84. The van der Waals surface area contributed by atoms with Gasteiger partial charge < -0.3 is 5.32 Å². The van der Waals surface area contributed by atoms with Crippen LogP contribution >= 0.6 is 15.9 Å². The summed E-state index contributed by atoms with van der Waals surface area (Å²) in [4.78, 5) is 0. The summed E-state index contributed by atoms with van der Waals surface area (Å²) in [5, 5.41) is 3.35. The lowest BCUT2D eigenvalue weighted by atomic mass is 10.2. The average Bonchev–Trinajstić information content (AvgIpc) is 2.20. The third-order valence-corrected chi connectivity index (χ3v) is 2.72. The van der Waals surface area contributed by atoms with Crippen LogP contribution < -0.4 is 5.32 Å². The second-order valence-corrected chi connectivity index (χ2v) is 3.93. The van der Waals surface area contributed by atoms with Gasteiger partial charge in [0.1, 0.15) is 0 Å². The van der Waals surface area contributed by atoms with E-state index in [9.17, 15) is 0 Å². The van der Waals surface area contributed by atoms with E-state index < -0.39 is 0 Å². The smallest absolute Gasteiger partial charge is 0.0220 e. The molecule has 0 aliphatic heterocycles. The average molecular weight is 252 g/mol. The number of halogens is 1. The molecule has 0 aromatic heterocycles. The quantitative estimate of drug-likeness (QED) is 0.627. The summed E-state index contributed by atoms with van der Waals surface area (Å²) in [5.74, 6) is 2.63. The van der Waals surface area contributed by atoms with Crippen molar-refractivity contribution >= 4 is 15.9 Å². The van der Waals surface area contributed by atoms with Gasteiger partial charge in [-0.25, -0.2) is 0 Å². The Morgan fingerprint density at radius 1 is 1.36 bits per heavy atom. The van der Waals surface area contributed by atoms with E-state index >= 15 is 0 Å². The van der Waals surface area contributed by atoms with Gasteiger partial charge in [0.05, 0.1) is 0 Å². The van der Waals surface area contributed by atoms with Crippen LogP contribution in [0.15, 0.2) is 28.7 Å². The minimum atomic E-state index is 0.850. The lowest BCUT2D eigenvalue weighted by Gasteiger charge is -2.05. The fourth-order valence-electron chi connectivity index (χ4n) is 1.18. The van der Waals surface area contributed by atoms with Crippen LogP contribution in [0.2, 0.25) is 0 Å². The van der Waals surface area contributed by atoms with E-state index in [4.69, 9.17) is 6.42 Å². The second-order valence-electron chi connectivity index (χ2n) is 3.08. The van der Waals surface area contributed by atoms with Crippen molar-refractivity contribution in [2.24, 2.45) is 0 Å². The molecule has 1 rings (SSSR count). The van der Waals surface area contributed by atoms with Crippen molar-refractivity contribution in [1.82, 2.24) is 5.32 Å². The van der Waals surface area contributed by atoms with Gasteiger partial charge in [-0.1, -0.05) is 34.1 Å². The molecule has 74 valence electrons. The predicted molar refractivity (Wildman–Crippen MR) is 63.9 cm³/mol. The predicted octanol–water partition coefficient (Wildman–Crippen LogP) is 2.95. The Labute approximate surface area is 94.0 Å². The molecule has 0 atom stereocenters. The lowest BCUT2D eigenvalue weighted by molar-refractivity contribution is 0.658. The van der Waals surface area contributed by atoms with E-state index in [2.05, 4.69) is 39.3 Å². The molecule has 0 aliphatic carbocycles. The highest BCUT2D eigenvalue weighted by atomic mass is 79.9. The minimum absolute atomic E-state index is 0.850. The number of unbranched alkanes of at least 4 members (excludes halogenated alkanes) is 1. The zero-order chi connectivity index (χ0) is 10.2. The van der Waals surface area contributed by atoms with Gasteiger partial charge in [0.15, 0.2) is 0 Å². The molecule has 0 heterocycles. The highest BCUT2D eigenvalue weighted by molar-refractivity contribution is 9.10. The van der Waals surface area contributed by atoms with Gasteiger partial charge in [-0.2, -0.15) is 0 Å². The summed E-state index contributed by atoms with van der Waals surface area (Å²) in [6, 6.07) is 8.23. The van der Waals surface area contributed by atoms with Crippen molar-refractivity contribution < 1.29 is 0 Å². The largest absolute Gasteiger partial charge is 0.313 e. The van der Waals surface area contributed by atoms with Crippen LogP contribution in [0.4, 0.5) is 0 Å². The van der Waals surface area contributed by atoms with E-state index in [0.29, 0.717) is 0 Å². The van der Waals surface area contributed by atoms with E-state index in [1.165, 1.54) is 5.56 Å². The number of hydrogen-bond acceptors (Lipinski definition) is 1. The molecule has 0 unspecified atom stereocenters. The first-order valence-corrected chi connectivity index (χ1v) is 5.51. The molecular formula is C12H14BrN. The number of rotatable bonds is 5. The summed E-state index contributed by atoms with van der Waals surface area (Å²) < 4.78 is 1.16.